The number of rotatable bonds is 4. The van der Waals surface area contributed by atoms with E-state index in [0.717, 1.165) is 5.56 Å². The van der Waals surface area contributed by atoms with Gasteiger partial charge in [-0.3, -0.25) is 9.59 Å². The minimum absolute atomic E-state index is 0.0401. The molecule has 1 aliphatic rings. The Morgan fingerprint density at radius 2 is 1.74 bits per heavy atom. The summed E-state index contributed by atoms with van der Waals surface area (Å²) in [5, 5.41) is 21.9. The van der Waals surface area contributed by atoms with Gasteiger partial charge in [-0.2, -0.15) is 0 Å². The molecule has 0 saturated carbocycles. The first-order chi connectivity index (χ1) is 13.1. The minimum Gasteiger partial charge on any atom is -0.507 e. The fraction of sp³-hybridized carbons (Fsp3) is 0.0909. The smallest absolute Gasteiger partial charge is 0.190 e. The van der Waals surface area contributed by atoms with E-state index in [2.05, 4.69) is 0 Å². The number of phenolic OH excluding ortho intramolecular Hbond substituents is 1. The Balaban J connectivity index is 1.90. The van der Waals surface area contributed by atoms with Crippen molar-refractivity contribution in [3.05, 3.63) is 77.4 Å². The predicted molar refractivity (Wildman–Crippen MR) is 101 cm³/mol. The minimum atomic E-state index is -1.49. The lowest BCUT2D eigenvalue weighted by atomic mass is 9.85. The van der Waals surface area contributed by atoms with Gasteiger partial charge in [-0.05, 0) is 17.0 Å². The lowest BCUT2D eigenvalue weighted by molar-refractivity contribution is -0.118. The molecule has 5 nitrogen and oxygen atoms in total. The molecule has 0 aromatic heterocycles. The number of benzene rings is 3. The highest BCUT2D eigenvalue weighted by Gasteiger charge is 2.37. The molecule has 0 bridgehead atoms. The number of hydrogen-bond donors (Lipinski definition) is 2. The van der Waals surface area contributed by atoms with Gasteiger partial charge in [0.2, 0.25) is 0 Å². The number of carbonyl (C=O) groups is 2. The summed E-state index contributed by atoms with van der Waals surface area (Å²) in [6.45, 7) is 0. The van der Waals surface area contributed by atoms with Gasteiger partial charge in [0.1, 0.15) is 17.3 Å². The van der Waals surface area contributed by atoms with Crippen LogP contribution < -0.4 is 4.74 Å². The molecule has 0 heterocycles. The number of carbonyl (C=O) groups excluding carboxylic acids is 2. The molecule has 2 N–H and O–H groups in total. The topological polar surface area (TPSA) is 83.8 Å². The Kier molecular flexibility index (Phi) is 3.92. The summed E-state index contributed by atoms with van der Waals surface area (Å²) in [6.07, 6.45) is 2.64. The summed E-state index contributed by atoms with van der Waals surface area (Å²) >= 11 is 0. The second-order valence-corrected chi connectivity index (χ2v) is 6.52. The summed E-state index contributed by atoms with van der Waals surface area (Å²) in [7, 11) is 0. The maximum Gasteiger partial charge on any atom is 0.190 e. The van der Waals surface area contributed by atoms with Crippen LogP contribution in [0.5, 0.6) is 11.5 Å². The summed E-state index contributed by atoms with van der Waals surface area (Å²) in [4.78, 5) is 23.6. The van der Waals surface area contributed by atoms with Crippen LogP contribution in [0.2, 0.25) is 0 Å². The molecule has 27 heavy (non-hydrogen) atoms. The second kappa shape index (κ2) is 6.29. The summed E-state index contributed by atoms with van der Waals surface area (Å²) in [5.74, 6) is -0.193. The van der Waals surface area contributed by atoms with Crippen molar-refractivity contribution in [1.82, 2.24) is 0 Å². The Hall–Kier alpha value is -3.60. The number of aliphatic hydroxyl groups is 1. The van der Waals surface area contributed by atoms with Crippen LogP contribution in [0, 0.1) is 0 Å². The standard InChI is InChI=1S/C22H16O5/c23-12-18-19(25)9-14-5-1-4-8-17(14)21(18)27-22(13-24)10-15-6-2-3-7-16(15)20(26)11-22/h1-9,11-13,25-26H,10H2. The molecule has 0 aliphatic heterocycles. The average molecular weight is 360 g/mol. The van der Waals surface area contributed by atoms with Crippen LogP contribution in [-0.2, 0) is 11.2 Å². The quantitative estimate of drug-likeness (QED) is 0.691. The molecule has 0 radical (unpaired) electrons. The number of ether oxygens (including phenoxy) is 1. The molecular formula is C22H16O5. The number of hydrogen-bond acceptors (Lipinski definition) is 5. The normalized spacial score (nSPS) is 18.4. The van der Waals surface area contributed by atoms with Crippen LogP contribution in [-0.4, -0.2) is 28.4 Å². The second-order valence-electron chi connectivity index (χ2n) is 6.52. The Morgan fingerprint density at radius 3 is 2.52 bits per heavy atom. The highest BCUT2D eigenvalue weighted by atomic mass is 16.5. The Morgan fingerprint density at radius 1 is 1.00 bits per heavy atom. The van der Waals surface area contributed by atoms with Crippen LogP contribution in [0.3, 0.4) is 0 Å². The van der Waals surface area contributed by atoms with Gasteiger partial charge in [0.25, 0.3) is 0 Å². The van der Waals surface area contributed by atoms with Crippen LogP contribution in [0.4, 0.5) is 0 Å². The van der Waals surface area contributed by atoms with Crippen molar-refractivity contribution in [2.45, 2.75) is 12.0 Å². The third kappa shape index (κ3) is 2.73. The molecule has 5 heteroatoms. The van der Waals surface area contributed by atoms with Gasteiger partial charge >= 0.3 is 0 Å². The summed E-state index contributed by atoms with van der Waals surface area (Å²) < 4.78 is 6.04. The summed E-state index contributed by atoms with van der Waals surface area (Å²) in [5.41, 5.74) is -0.148. The van der Waals surface area contributed by atoms with E-state index in [9.17, 15) is 19.8 Å². The van der Waals surface area contributed by atoms with Crippen molar-refractivity contribution in [3.8, 4) is 11.5 Å². The molecule has 0 saturated heterocycles. The number of aliphatic hydroxyl groups excluding tert-OH is 1. The third-order valence-electron chi connectivity index (χ3n) is 4.77. The largest absolute Gasteiger partial charge is 0.507 e. The van der Waals surface area contributed by atoms with Crippen molar-refractivity contribution in [3.63, 3.8) is 0 Å². The van der Waals surface area contributed by atoms with E-state index < -0.39 is 5.60 Å². The van der Waals surface area contributed by atoms with Crippen molar-refractivity contribution >= 4 is 29.1 Å². The zero-order chi connectivity index (χ0) is 19.0. The van der Waals surface area contributed by atoms with E-state index in [-0.39, 0.29) is 29.2 Å². The van der Waals surface area contributed by atoms with Gasteiger partial charge < -0.3 is 14.9 Å². The van der Waals surface area contributed by atoms with Gasteiger partial charge in [-0.25, -0.2) is 0 Å². The Labute approximate surface area is 155 Å². The maximum absolute atomic E-state index is 12.0. The number of aldehydes is 2. The van der Waals surface area contributed by atoms with Crippen LogP contribution >= 0.6 is 0 Å². The lowest BCUT2D eigenvalue weighted by Gasteiger charge is -2.31. The van der Waals surface area contributed by atoms with Crippen LogP contribution in [0.15, 0.2) is 60.7 Å². The number of aromatic hydroxyl groups is 1. The van der Waals surface area contributed by atoms with E-state index in [1.165, 1.54) is 12.1 Å². The molecule has 4 rings (SSSR count). The van der Waals surface area contributed by atoms with Gasteiger partial charge in [-0.15, -0.1) is 0 Å². The Bertz CT molecular complexity index is 1100. The van der Waals surface area contributed by atoms with Crippen LogP contribution in [0.1, 0.15) is 21.5 Å². The lowest BCUT2D eigenvalue weighted by Crippen LogP contribution is -2.41. The average Bonchev–Trinajstić information content (AvgIpc) is 2.68. The van der Waals surface area contributed by atoms with Gasteiger partial charge in [-0.1, -0.05) is 48.5 Å². The molecule has 0 amide bonds. The van der Waals surface area contributed by atoms with Crippen molar-refractivity contribution in [2.75, 3.05) is 0 Å². The fourth-order valence-electron chi connectivity index (χ4n) is 3.48. The highest BCUT2D eigenvalue weighted by molar-refractivity contribution is 5.99. The first-order valence-corrected chi connectivity index (χ1v) is 8.42. The van der Waals surface area contributed by atoms with Gasteiger partial charge in [0, 0.05) is 23.4 Å². The SMILES string of the molecule is O=Cc1c(O)cc2ccccc2c1OC1(C=O)C=C(O)c2ccccc2C1. The van der Waals surface area contributed by atoms with Crippen molar-refractivity contribution < 1.29 is 24.5 Å². The van der Waals surface area contributed by atoms with E-state index >= 15 is 0 Å². The van der Waals surface area contributed by atoms with E-state index in [1.54, 1.807) is 42.5 Å². The predicted octanol–water partition coefficient (Wildman–Crippen LogP) is 3.83. The third-order valence-corrected chi connectivity index (χ3v) is 4.77. The highest BCUT2D eigenvalue weighted by Crippen LogP contribution is 2.40. The van der Waals surface area contributed by atoms with Crippen molar-refractivity contribution in [2.24, 2.45) is 0 Å². The number of fused-ring (bicyclic) bond motifs is 2. The molecule has 0 spiro atoms. The van der Waals surface area contributed by atoms with Crippen molar-refractivity contribution in [1.29, 1.82) is 0 Å². The van der Waals surface area contributed by atoms with E-state index in [1.807, 2.05) is 6.07 Å². The molecule has 1 atom stereocenters. The van der Waals surface area contributed by atoms with Gasteiger partial charge in [0.15, 0.2) is 18.2 Å². The molecule has 1 unspecified atom stereocenters. The first-order valence-electron chi connectivity index (χ1n) is 8.42. The molecule has 1 aliphatic carbocycles. The van der Waals surface area contributed by atoms with E-state index in [0.29, 0.717) is 28.9 Å². The number of phenols is 1. The summed E-state index contributed by atoms with van der Waals surface area (Å²) in [6, 6.07) is 15.7. The monoisotopic (exact) mass is 360 g/mol. The molecule has 0 fully saturated rings. The first kappa shape index (κ1) is 16.8. The molecule has 134 valence electrons. The van der Waals surface area contributed by atoms with Gasteiger partial charge in [0.05, 0.1) is 5.56 Å². The van der Waals surface area contributed by atoms with Crippen LogP contribution in [0.25, 0.3) is 16.5 Å². The maximum atomic E-state index is 12.0. The zero-order valence-corrected chi connectivity index (χ0v) is 14.3. The molecule has 3 aromatic carbocycles. The fourth-order valence-corrected chi connectivity index (χ4v) is 3.48. The molecular weight excluding hydrogens is 344 g/mol. The van der Waals surface area contributed by atoms with E-state index in [4.69, 9.17) is 4.74 Å². The molecule has 3 aromatic rings. The zero-order valence-electron chi connectivity index (χ0n) is 14.3.